The van der Waals surface area contributed by atoms with Gasteiger partial charge in [0, 0.05) is 55.9 Å². The second kappa shape index (κ2) is 5.86. The van der Waals surface area contributed by atoms with E-state index in [1.54, 1.807) is 6.20 Å². The first-order valence-electron chi connectivity index (χ1n) is 8.41. The Labute approximate surface area is 153 Å². The molecule has 0 spiro atoms. The van der Waals surface area contributed by atoms with Crippen LogP contribution in [0.15, 0.2) is 55.0 Å². The lowest BCUT2D eigenvalue weighted by Crippen LogP contribution is -2.24. The summed E-state index contributed by atoms with van der Waals surface area (Å²) in [7, 11) is 0. The molecule has 0 unspecified atom stereocenters. The minimum absolute atomic E-state index is 0. The first-order valence-corrected chi connectivity index (χ1v) is 8.41. The van der Waals surface area contributed by atoms with Crippen LogP contribution in [0.5, 0.6) is 0 Å². The van der Waals surface area contributed by atoms with Gasteiger partial charge in [0.15, 0.2) is 0 Å². The Morgan fingerprint density at radius 2 is 1.85 bits per heavy atom. The predicted molar refractivity (Wildman–Crippen MR) is 107 cm³/mol. The molecular weight excluding hydrogens is 328 g/mol. The molecule has 26 heavy (non-hydrogen) atoms. The Bertz CT molecular complexity index is 1180. The van der Waals surface area contributed by atoms with Crippen LogP contribution < -0.4 is 5.32 Å². The van der Waals surface area contributed by atoms with Gasteiger partial charge in [-0.25, -0.2) is 4.98 Å². The van der Waals surface area contributed by atoms with Crippen LogP contribution in [0.25, 0.3) is 33.1 Å². The molecule has 3 aromatic heterocycles. The van der Waals surface area contributed by atoms with Gasteiger partial charge in [-0.05, 0) is 18.2 Å². The van der Waals surface area contributed by atoms with Crippen molar-refractivity contribution in [2.24, 2.45) is 0 Å². The minimum atomic E-state index is -0.138. The number of hydrogen-bond donors (Lipinski definition) is 3. The smallest absolute Gasteiger partial charge is 0.254 e. The summed E-state index contributed by atoms with van der Waals surface area (Å²) in [4.78, 5) is 23.7. The number of nitrogens with one attached hydrogen (secondary N) is 3. The molecule has 0 aliphatic carbocycles. The zero-order chi connectivity index (χ0) is 17.5. The zero-order valence-electron chi connectivity index (χ0n) is 13.9. The van der Waals surface area contributed by atoms with Crippen molar-refractivity contribution in [3.63, 3.8) is 0 Å². The second-order valence-electron chi connectivity index (χ2n) is 6.20. The normalized spacial score (nSPS) is 15.5. The third-order valence-electron chi connectivity index (χ3n) is 4.74. The molecule has 0 saturated heterocycles. The van der Waals surface area contributed by atoms with E-state index in [0.29, 0.717) is 12.2 Å². The number of amides is 1. The lowest BCUT2D eigenvalue weighted by molar-refractivity contribution is -0.116. The summed E-state index contributed by atoms with van der Waals surface area (Å²) in [6.07, 6.45) is 5.52. The fourth-order valence-electron chi connectivity index (χ4n) is 3.55. The largest absolute Gasteiger partial charge is 0.361 e. The predicted octanol–water partition coefficient (Wildman–Crippen LogP) is 3.80. The van der Waals surface area contributed by atoms with Gasteiger partial charge in [-0.3, -0.25) is 4.79 Å². The molecular formula is C20H22N4O2. The van der Waals surface area contributed by atoms with Crippen LogP contribution in [-0.2, 0) is 9.53 Å². The van der Waals surface area contributed by atoms with E-state index in [0.717, 1.165) is 38.6 Å². The third-order valence-corrected chi connectivity index (χ3v) is 4.74. The lowest BCUT2D eigenvalue weighted by Gasteiger charge is -2.10. The summed E-state index contributed by atoms with van der Waals surface area (Å²) < 4.78 is 5.66. The quantitative estimate of drug-likeness (QED) is 0.514. The Hall–Kier alpha value is -3.38. The summed E-state index contributed by atoms with van der Waals surface area (Å²) in [5.74, 6) is -0.138. The molecule has 0 radical (unpaired) electrons. The molecule has 1 amide bonds. The molecule has 4 heterocycles. The SMILES string of the molecule is O=C1NCOCC(c2c[nH]c3ncccc23)=C1c1c[nH]c2ccccc12.[HH].[HH].[HH]. The highest BCUT2D eigenvalue weighted by Crippen LogP contribution is 2.35. The molecule has 6 nitrogen and oxygen atoms in total. The summed E-state index contributed by atoms with van der Waals surface area (Å²) in [5.41, 5.74) is 5.07. The van der Waals surface area contributed by atoms with Crippen LogP contribution >= 0.6 is 0 Å². The third kappa shape index (κ3) is 2.23. The number of rotatable bonds is 2. The Balaban J connectivity index is 0.000001000. The first kappa shape index (κ1) is 14.9. The number of aromatic nitrogens is 3. The molecule has 1 aliphatic rings. The maximum Gasteiger partial charge on any atom is 0.254 e. The number of carbonyl (C=O) groups is 1. The number of hydrogen-bond acceptors (Lipinski definition) is 3. The van der Waals surface area contributed by atoms with Crippen LogP contribution in [0.1, 0.15) is 15.4 Å². The molecule has 0 saturated carbocycles. The lowest BCUT2D eigenvalue weighted by atomic mass is 9.94. The highest BCUT2D eigenvalue weighted by atomic mass is 16.5. The van der Waals surface area contributed by atoms with Gasteiger partial charge in [-0.1, -0.05) is 18.2 Å². The van der Waals surface area contributed by atoms with E-state index in [1.807, 2.05) is 48.8 Å². The summed E-state index contributed by atoms with van der Waals surface area (Å²) in [6.45, 7) is 0.532. The standard InChI is InChI=1S/C20H16N4O2.3H2/c25-20-18(15-9-22-17-6-2-1-4-12(15)17)16(10-26-11-24-20)14-8-23-19-13(14)5-3-7-21-19;;;/h1-9,22H,10-11H2,(H,21,23)(H,24,25);3*1H. The number of aromatic amines is 2. The van der Waals surface area contributed by atoms with Gasteiger partial charge in [0.25, 0.3) is 5.91 Å². The van der Waals surface area contributed by atoms with E-state index in [-0.39, 0.29) is 16.9 Å². The number of carbonyl (C=O) groups excluding carboxylic acids is 1. The van der Waals surface area contributed by atoms with Crippen molar-refractivity contribution in [1.29, 1.82) is 0 Å². The van der Waals surface area contributed by atoms with E-state index >= 15 is 0 Å². The summed E-state index contributed by atoms with van der Waals surface area (Å²) in [6, 6.07) is 11.8. The number of fused-ring (bicyclic) bond motifs is 2. The average Bonchev–Trinajstić information content (AvgIpc) is 3.24. The van der Waals surface area contributed by atoms with Crippen molar-refractivity contribution in [3.8, 4) is 0 Å². The van der Waals surface area contributed by atoms with Gasteiger partial charge in [0.1, 0.15) is 12.4 Å². The maximum atomic E-state index is 12.9. The molecule has 1 aromatic carbocycles. The van der Waals surface area contributed by atoms with Crippen LogP contribution in [-0.4, -0.2) is 34.2 Å². The number of pyridine rings is 1. The topological polar surface area (TPSA) is 82.8 Å². The van der Waals surface area contributed by atoms with E-state index in [1.165, 1.54) is 0 Å². The van der Waals surface area contributed by atoms with Gasteiger partial charge in [0.05, 0.1) is 12.2 Å². The number of benzene rings is 1. The maximum absolute atomic E-state index is 12.9. The molecule has 1 aliphatic heterocycles. The van der Waals surface area contributed by atoms with Crippen LogP contribution in [0, 0.1) is 0 Å². The van der Waals surface area contributed by atoms with Gasteiger partial charge >= 0.3 is 0 Å². The van der Waals surface area contributed by atoms with E-state index in [9.17, 15) is 4.79 Å². The summed E-state index contributed by atoms with van der Waals surface area (Å²) in [5, 5.41) is 4.81. The molecule has 4 aromatic rings. The average molecular weight is 350 g/mol. The van der Waals surface area contributed by atoms with Crippen molar-refractivity contribution in [2.45, 2.75) is 0 Å². The zero-order valence-corrected chi connectivity index (χ0v) is 13.9. The van der Waals surface area contributed by atoms with Gasteiger partial charge in [-0.15, -0.1) is 0 Å². The second-order valence-corrected chi connectivity index (χ2v) is 6.20. The first-order chi connectivity index (χ1) is 12.8. The molecule has 6 heteroatoms. The fourth-order valence-corrected chi connectivity index (χ4v) is 3.55. The van der Waals surface area contributed by atoms with Crippen LogP contribution in [0.4, 0.5) is 0 Å². The number of para-hydroxylation sites is 1. The minimum Gasteiger partial charge on any atom is -0.361 e. The molecule has 0 atom stereocenters. The Morgan fingerprint density at radius 1 is 1.00 bits per heavy atom. The Kier molecular flexibility index (Phi) is 3.36. The Morgan fingerprint density at radius 3 is 2.81 bits per heavy atom. The molecule has 3 N–H and O–H groups in total. The highest BCUT2D eigenvalue weighted by molar-refractivity contribution is 6.30. The number of ether oxygens (including phenoxy) is 1. The van der Waals surface area contributed by atoms with Crippen LogP contribution in [0.3, 0.4) is 0 Å². The van der Waals surface area contributed by atoms with Gasteiger partial charge in [-0.2, -0.15) is 0 Å². The summed E-state index contributed by atoms with van der Waals surface area (Å²) >= 11 is 0. The van der Waals surface area contributed by atoms with E-state index < -0.39 is 0 Å². The van der Waals surface area contributed by atoms with Crippen molar-refractivity contribution >= 4 is 39.0 Å². The van der Waals surface area contributed by atoms with Crippen LogP contribution in [0.2, 0.25) is 0 Å². The van der Waals surface area contributed by atoms with Crippen molar-refractivity contribution in [1.82, 2.24) is 20.3 Å². The van der Waals surface area contributed by atoms with Gasteiger partial charge < -0.3 is 20.0 Å². The number of H-pyrrole nitrogens is 2. The highest BCUT2D eigenvalue weighted by Gasteiger charge is 2.25. The molecule has 0 fully saturated rings. The number of nitrogens with zero attached hydrogens (tertiary/aromatic N) is 1. The van der Waals surface area contributed by atoms with Crippen molar-refractivity contribution in [3.05, 3.63) is 66.1 Å². The fraction of sp³-hybridized carbons (Fsp3) is 0.100. The van der Waals surface area contributed by atoms with E-state index in [2.05, 4.69) is 20.3 Å². The molecule has 134 valence electrons. The molecule has 5 rings (SSSR count). The van der Waals surface area contributed by atoms with Crippen molar-refractivity contribution < 1.29 is 13.8 Å². The van der Waals surface area contributed by atoms with Gasteiger partial charge in [0.2, 0.25) is 0 Å². The van der Waals surface area contributed by atoms with Crippen molar-refractivity contribution in [2.75, 3.05) is 13.3 Å². The monoisotopic (exact) mass is 350 g/mol. The van der Waals surface area contributed by atoms with E-state index in [4.69, 9.17) is 4.74 Å². The molecule has 0 bridgehead atoms.